The lowest BCUT2D eigenvalue weighted by atomic mass is 9.61. The van der Waals surface area contributed by atoms with Gasteiger partial charge in [-0.25, -0.2) is 0 Å². The zero-order valence-corrected chi connectivity index (χ0v) is 14.6. The van der Waals surface area contributed by atoms with Gasteiger partial charge in [0.1, 0.15) is 0 Å². The van der Waals surface area contributed by atoms with Gasteiger partial charge in [-0.15, -0.1) is 0 Å². The van der Waals surface area contributed by atoms with E-state index in [-0.39, 0.29) is 0 Å². The Morgan fingerprint density at radius 3 is 2.29 bits per heavy atom. The standard InChI is InChI=1S/C19H32N2/c1-13-9-14(2)11-17(10-13)21(6)12-16-7-8-18(20)15(3)19(16,4)5/h9-11,15-16,18H,7-8,12,20H2,1-6H3. The lowest BCUT2D eigenvalue weighted by molar-refractivity contribution is 0.0588. The largest absolute Gasteiger partial charge is 0.374 e. The third-order valence-corrected chi connectivity index (χ3v) is 5.86. The molecule has 2 nitrogen and oxygen atoms in total. The quantitative estimate of drug-likeness (QED) is 0.905. The molecule has 1 aliphatic carbocycles. The summed E-state index contributed by atoms with van der Waals surface area (Å²) in [6, 6.07) is 7.18. The molecular formula is C19H32N2. The number of aryl methyl sites for hydroxylation is 2. The second-order valence-electron chi connectivity index (χ2n) is 7.77. The molecule has 0 heterocycles. The first kappa shape index (κ1) is 16.4. The average molecular weight is 288 g/mol. The van der Waals surface area contributed by atoms with Gasteiger partial charge in [-0.05, 0) is 67.2 Å². The van der Waals surface area contributed by atoms with Gasteiger partial charge in [-0.2, -0.15) is 0 Å². The van der Waals surface area contributed by atoms with E-state index < -0.39 is 0 Å². The Hall–Kier alpha value is -1.02. The Labute approximate surface area is 130 Å². The predicted molar refractivity (Wildman–Crippen MR) is 92.8 cm³/mol. The molecule has 0 bridgehead atoms. The molecule has 3 atom stereocenters. The normalized spacial score (nSPS) is 28.4. The van der Waals surface area contributed by atoms with E-state index in [9.17, 15) is 0 Å². The Morgan fingerprint density at radius 2 is 1.71 bits per heavy atom. The average Bonchev–Trinajstić information content (AvgIpc) is 2.39. The van der Waals surface area contributed by atoms with Crippen LogP contribution >= 0.6 is 0 Å². The van der Waals surface area contributed by atoms with Crippen molar-refractivity contribution in [3.63, 3.8) is 0 Å². The van der Waals surface area contributed by atoms with Crippen LogP contribution in [-0.4, -0.2) is 19.6 Å². The van der Waals surface area contributed by atoms with E-state index in [0.29, 0.717) is 23.3 Å². The Kier molecular flexibility index (Phi) is 4.67. The van der Waals surface area contributed by atoms with Crippen molar-refractivity contribution in [2.24, 2.45) is 23.0 Å². The fraction of sp³-hybridized carbons (Fsp3) is 0.684. The molecule has 0 saturated heterocycles. The Balaban J connectivity index is 2.13. The van der Waals surface area contributed by atoms with Crippen molar-refractivity contribution in [3.05, 3.63) is 29.3 Å². The second kappa shape index (κ2) is 6.00. The van der Waals surface area contributed by atoms with Gasteiger partial charge in [0, 0.05) is 25.3 Å². The highest BCUT2D eigenvalue weighted by Crippen LogP contribution is 2.44. The van der Waals surface area contributed by atoms with E-state index >= 15 is 0 Å². The number of nitrogens with zero attached hydrogens (tertiary/aromatic N) is 1. The zero-order chi connectivity index (χ0) is 15.8. The summed E-state index contributed by atoms with van der Waals surface area (Å²) in [5.41, 5.74) is 10.6. The van der Waals surface area contributed by atoms with Crippen molar-refractivity contribution in [3.8, 4) is 0 Å². The first-order valence-corrected chi connectivity index (χ1v) is 8.27. The molecule has 0 aromatic heterocycles. The van der Waals surface area contributed by atoms with E-state index in [2.05, 4.69) is 64.8 Å². The van der Waals surface area contributed by atoms with Crippen LogP contribution in [0.25, 0.3) is 0 Å². The number of hydrogen-bond donors (Lipinski definition) is 1. The van der Waals surface area contributed by atoms with Crippen LogP contribution in [0.4, 0.5) is 5.69 Å². The number of hydrogen-bond acceptors (Lipinski definition) is 2. The van der Waals surface area contributed by atoms with Crippen molar-refractivity contribution >= 4 is 5.69 Å². The van der Waals surface area contributed by atoms with Crippen molar-refractivity contribution < 1.29 is 0 Å². The highest BCUT2D eigenvalue weighted by atomic mass is 15.1. The second-order valence-corrected chi connectivity index (χ2v) is 7.77. The lowest BCUT2D eigenvalue weighted by Gasteiger charge is -2.48. The third kappa shape index (κ3) is 3.42. The number of rotatable bonds is 3. The molecule has 3 unspecified atom stereocenters. The minimum Gasteiger partial charge on any atom is -0.374 e. The molecule has 0 radical (unpaired) electrons. The van der Waals surface area contributed by atoms with E-state index in [1.165, 1.54) is 23.2 Å². The number of anilines is 1. The highest BCUT2D eigenvalue weighted by molar-refractivity contribution is 5.50. The minimum atomic E-state index is 0.310. The molecule has 0 amide bonds. The van der Waals surface area contributed by atoms with E-state index in [1.807, 2.05) is 0 Å². The highest BCUT2D eigenvalue weighted by Gasteiger charge is 2.41. The van der Waals surface area contributed by atoms with Crippen molar-refractivity contribution in [2.45, 2.75) is 53.5 Å². The lowest BCUT2D eigenvalue weighted by Crippen LogP contribution is -2.49. The molecule has 1 aromatic rings. The molecule has 1 aromatic carbocycles. The van der Waals surface area contributed by atoms with Crippen LogP contribution in [0.15, 0.2) is 18.2 Å². The van der Waals surface area contributed by atoms with Gasteiger partial charge in [0.25, 0.3) is 0 Å². The summed E-state index contributed by atoms with van der Waals surface area (Å²) >= 11 is 0. The monoisotopic (exact) mass is 288 g/mol. The van der Waals surface area contributed by atoms with Crippen molar-refractivity contribution in [1.29, 1.82) is 0 Å². The van der Waals surface area contributed by atoms with Crippen molar-refractivity contribution in [1.82, 2.24) is 0 Å². The molecule has 1 aliphatic rings. The van der Waals surface area contributed by atoms with Crippen LogP contribution < -0.4 is 10.6 Å². The first-order valence-electron chi connectivity index (χ1n) is 8.27. The van der Waals surface area contributed by atoms with Gasteiger partial charge < -0.3 is 10.6 Å². The van der Waals surface area contributed by atoms with Gasteiger partial charge in [0.15, 0.2) is 0 Å². The summed E-state index contributed by atoms with van der Waals surface area (Å²) in [6.07, 6.45) is 2.41. The zero-order valence-electron chi connectivity index (χ0n) is 14.6. The van der Waals surface area contributed by atoms with Crippen LogP contribution in [0.1, 0.15) is 44.7 Å². The molecule has 0 spiro atoms. The fourth-order valence-corrected chi connectivity index (χ4v) is 3.87. The first-order chi connectivity index (χ1) is 9.71. The molecule has 21 heavy (non-hydrogen) atoms. The topological polar surface area (TPSA) is 29.3 Å². The summed E-state index contributed by atoms with van der Waals surface area (Å²) in [4.78, 5) is 2.43. The van der Waals surface area contributed by atoms with Crippen LogP contribution in [-0.2, 0) is 0 Å². The van der Waals surface area contributed by atoms with Gasteiger partial charge in [-0.3, -0.25) is 0 Å². The van der Waals surface area contributed by atoms with Crippen LogP contribution in [0, 0.1) is 31.1 Å². The summed E-state index contributed by atoms with van der Waals surface area (Å²) in [5.74, 6) is 1.29. The fourth-order valence-electron chi connectivity index (χ4n) is 3.87. The minimum absolute atomic E-state index is 0.310. The van der Waals surface area contributed by atoms with Gasteiger partial charge in [-0.1, -0.05) is 26.8 Å². The Morgan fingerprint density at radius 1 is 1.14 bits per heavy atom. The summed E-state index contributed by atoms with van der Waals surface area (Å²) in [5, 5.41) is 0. The summed E-state index contributed by atoms with van der Waals surface area (Å²) in [7, 11) is 2.23. The summed E-state index contributed by atoms with van der Waals surface area (Å²) in [6.45, 7) is 12.6. The molecule has 2 N–H and O–H groups in total. The molecule has 2 heteroatoms. The van der Waals surface area contributed by atoms with E-state index in [4.69, 9.17) is 5.73 Å². The van der Waals surface area contributed by atoms with Gasteiger partial charge in [0.05, 0.1) is 0 Å². The van der Waals surface area contributed by atoms with Crippen LogP contribution in [0.5, 0.6) is 0 Å². The van der Waals surface area contributed by atoms with Crippen LogP contribution in [0.2, 0.25) is 0 Å². The number of nitrogens with two attached hydrogens (primary N) is 1. The molecule has 1 fully saturated rings. The summed E-state index contributed by atoms with van der Waals surface area (Å²) < 4.78 is 0. The maximum absolute atomic E-state index is 6.28. The maximum atomic E-state index is 6.28. The van der Waals surface area contributed by atoms with Gasteiger partial charge >= 0.3 is 0 Å². The SMILES string of the molecule is Cc1cc(C)cc(N(C)CC2CCC(N)C(C)C2(C)C)c1. The third-order valence-electron chi connectivity index (χ3n) is 5.86. The molecule has 118 valence electrons. The molecule has 0 aliphatic heterocycles. The molecule has 1 saturated carbocycles. The predicted octanol–water partition coefficient (Wildman–Crippen LogP) is 4.14. The van der Waals surface area contributed by atoms with Crippen molar-refractivity contribution in [2.75, 3.05) is 18.5 Å². The Bertz CT molecular complexity index is 472. The smallest absolute Gasteiger partial charge is 0.0369 e. The van der Waals surface area contributed by atoms with Crippen LogP contribution in [0.3, 0.4) is 0 Å². The molecule has 2 rings (SSSR count). The molecular weight excluding hydrogens is 256 g/mol. The maximum Gasteiger partial charge on any atom is 0.0369 e. The van der Waals surface area contributed by atoms with E-state index in [1.54, 1.807) is 0 Å². The van der Waals surface area contributed by atoms with E-state index in [0.717, 1.165) is 13.0 Å². The number of benzene rings is 1. The van der Waals surface area contributed by atoms with Gasteiger partial charge in [0.2, 0.25) is 0 Å².